The molecular formula is C13H17F2NS. The lowest BCUT2D eigenvalue weighted by Crippen LogP contribution is -2.10. The molecule has 0 heterocycles. The first-order chi connectivity index (χ1) is 7.98. The molecule has 1 aromatic carbocycles. The van der Waals surface area contributed by atoms with Crippen LogP contribution in [0.3, 0.4) is 0 Å². The molecule has 0 bridgehead atoms. The van der Waals surface area contributed by atoms with Crippen LogP contribution in [0.25, 0.3) is 0 Å². The number of thioether (sulfide) groups is 1. The first kappa shape index (κ1) is 12.7. The second-order valence-corrected chi connectivity index (χ2v) is 5.82. The number of hydrogen-bond acceptors (Lipinski definition) is 2. The average Bonchev–Trinajstić information content (AvgIpc) is 2.61. The maximum atomic E-state index is 13.0. The number of benzene rings is 1. The number of rotatable bonds is 3. The maximum absolute atomic E-state index is 13.0. The van der Waals surface area contributed by atoms with E-state index in [4.69, 9.17) is 5.73 Å². The van der Waals surface area contributed by atoms with Crippen LogP contribution >= 0.6 is 11.8 Å². The molecule has 1 aliphatic carbocycles. The largest absolute Gasteiger partial charge is 0.398 e. The van der Waals surface area contributed by atoms with Crippen LogP contribution in [-0.4, -0.2) is 11.7 Å². The van der Waals surface area contributed by atoms with Gasteiger partial charge in [0.2, 0.25) is 5.92 Å². The van der Waals surface area contributed by atoms with Crippen LogP contribution in [0.5, 0.6) is 0 Å². The van der Waals surface area contributed by atoms with Gasteiger partial charge < -0.3 is 5.73 Å². The van der Waals surface area contributed by atoms with Crippen LogP contribution in [0.4, 0.5) is 14.5 Å². The minimum absolute atomic E-state index is 0.0335. The van der Waals surface area contributed by atoms with Gasteiger partial charge in [0.25, 0.3) is 0 Å². The van der Waals surface area contributed by atoms with E-state index in [-0.39, 0.29) is 18.8 Å². The molecule has 1 aromatic rings. The summed E-state index contributed by atoms with van der Waals surface area (Å²) in [5.74, 6) is -1.58. The molecule has 0 amide bonds. The van der Waals surface area contributed by atoms with Crippen molar-refractivity contribution in [1.82, 2.24) is 0 Å². The lowest BCUT2D eigenvalue weighted by atomic mass is 10.1. The van der Waals surface area contributed by atoms with Crippen molar-refractivity contribution in [3.05, 3.63) is 23.8 Å². The van der Waals surface area contributed by atoms with E-state index in [1.54, 1.807) is 11.8 Å². The van der Waals surface area contributed by atoms with Gasteiger partial charge >= 0.3 is 0 Å². The van der Waals surface area contributed by atoms with Crippen molar-refractivity contribution in [2.24, 2.45) is 5.92 Å². The van der Waals surface area contributed by atoms with Gasteiger partial charge in [-0.25, -0.2) is 8.78 Å². The number of nitrogen functional groups attached to an aromatic ring is 1. The summed E-state index contributed by atoms with van der Waals surface area (Å²) in [6, 6.07) is 5.88. The molecule has 0 aliphatic heterocycles. The molecule has 1 fully saturated rings. The molecule has 1 aliphatic rings. The van der Waals surface area contributed by atoms with Crippen molar-refractivity contribution in [1.29, 1.82) is 0 Å². The van der Waals surface area contributed by atoms with E-state index in [1.165, 1.54) is 0 Å². The van der Waals surface area contributed by atoms with Gasteiger partial charge in [-0.1, -0.05) is 12.1 Å². The highest BCUT2D eigenvalue weighted by Gasteiger charge is 2.39. The molecule has 1 unspecified atom stereocenters. The van der Waals surface area contributed by atoms with Gasteiger partial charge in [0.1, 0.15) is 0 Å². The average molecular weight is 257 g/mol. The predicted molar refractivity (Wildman–Crippen MR) is 68.6 cm³/mol. The molecule has 17 heavy (non-hydrogen) atoms. The van der Waals surface area contributed by atoms with Crippen molar-refractivity contribution in [2.75, 3.05) is 11.5 Å². The van der Waals surface area contributed by atoms with E-state index < -0.39 is 5.92 Å². The van der Waals surface area contributed by atoms with Crippen molar-refractivity contribution < 1.29 is 8.78 Å². The monoisotopic (exact) mass is 257 g/mol. The van der Waals surface area contributed by atoms with E-state index in [1.807, 2.05) is 25.1 Å². The Morgan fingerprint density at radius 3 is 2.88 bits per heavy atom. The summed E-state index contributed by atoms with van der Waals surface area (Å²) >= 11 is 1.60. The third kappa shape index (κ3) is 3.12. The Bertz CT molecular complexity index is 406. The Morgan fingerprint density at radius 2 is 2.24 bits per heavy atom. The first-order valence-corrected chi connectivity index (χ1v) is 6.82. The highest BCUT2D eigenvalue weighted by molar-refractivity contribution is 7.99. The van der Waals surface area contributed by atoms with Gasteiger partial charge in [-0.3, -0.25) is 0 Å². The second-order valence-electron chi connectivity index (χ2n) is 4.76. The summed E-state index contributed by atoms with van der Waals surface area (Å²) in [4.78, 5) is 1.01. The maximum Gasteiger partial charge on any atom is 0.248 e. The predicted octanol–water partition coefficient (Wildman–Crippen LogP) is 4.10. The van der Waals surface area contributed by atoms with E-state index in [2.05, 4.69) is 0 Å². The Labute approximate surface area is 105 Å². The van der Waals surface area contributed by atoms with Gasteiger partial charge in [0.05, 0.1) is 0 Å². The fraction of sp³-hybridized carbons (Fsp3) is 0.538. The second kappa shape index (κ2) is 4.84. The fourth-order valence-corrected chi connectivity index (χ4v) is 3.36. The standard InChI is InChI=1S/C13H17F2NS/c1-9-3-2-4-11(12(9)16)17-8-10-5-6-13(14,15)7-10/h2-4,10H,5-8,16H2,1H3. The van der Waals surface area contributed by atoms with E-state index in [0.717, 1.165) is 21.9 Å². The van der Waals surface area contributed by atoms with E-state index in [0.29, 0.717) is 6.42 Å². The highest BCUT2D eigenvalue weighted by Crippen LogP contribution is 2.41. The third-order valence-electron chi connectivity index (χ3n) is 3.26. The summed E-state index contributed by atoms with van der Waals surface area (Å²) in [7, 11) is 0. The molecule has 1 atom stereocenters. The molecule has 0 saturated heterocycles. The number of aryl methyl sites for hydroxylation is 1. The van der Waals surface area contributed by atoms with Crippen LogP contribution in [-0.2, 0) is 0 Å². The van der Waals surface area contributed by atoms with Crippen molar-refractivity contribution in [2.45, 2.75) is 37.0 Å². The molecule has 2 rings (SSSR count). The molecule has 0 spiro atoms. The Balaban J connectivity index is 1.93. The first-order valence-electron chi connectivity index (χ1n) is 5.84. The highest BCUT2D eigenvalue weighted by atomic mass is 32.2. The lowest BCUT2D eigenvalue weighted by molar-refractivity contribution is 0.00596. The molecule has 1 nitrogen and oxygen atoms in total. The van der Waals surface area contributed by atoms with Crippen LogP contribution in [0.2, 0.25) is 0 Å². The number of hydrogen-bond donors (Lipinski definition) is 1. The Kier molecular flexibility index (Phi) is 3.61. The lowest BCUT2D eigenvalue weighted by Gasteiger charge is -2.12. The molecule has 0 aromatic heterocycles. The summed E-state index contributed by atoms with van der Waals surface area (Å²) in [6.07, 6.45) is 0.707. The number of halogens is 2. The summed E-state index contributed by atoms with van der Waals surface area (Å²) in [5.41, 5.74) is 7.78. The SMILES string of the molecule is Cc1cccc(SCC2CCC(F)(F)C2)c1N. The molecule has 4 heteroatoms. The molecule has 0 radical (unpaired) electrons. The van der Waals surface area contributed by atoms with Crippen molar-refractivity contribution in [3.8, 4) is 0 Å². The number of para-hydroxylation sites is 1. The summed E-state index contributed by atoms with van der Waals surface area (Å²) in [5, 5.41) is 0. The smallest absolute Gasteiger partial charge is 0.248 e. The van der Waals surface area contributed by atoms with Gasteiger partial charge in [0.15, 0.2) is 0 Å². The normalized spacial score (nSPS) is 22.9. The van der Waals surface area contributed by atoms with Gasteiger partial charge in [-0.15, -0.1) is 11.8 Å². The zero-order chi connectivity index (χ0) is 12.5. The number of alkyl halides is 2. The summed E-state index contributed by atoms with van der Waals surface area (Å²) in [6.45, 7) is 1.96. The van der Waals surface area contributed by atoms with Gasteiger partial charge in [-0.05, 0) is 30.9 Å². The summed E-state index contributed by atoms with van der Waals surface area (Å²) < 4.78 is 26.1. The van der Waals surface area contributed by atoms with Crippen LogP contribution in [0.15, 0.2) is 23.1 Å². The molecule has 2 N–H and O–H groups in total. The van der Waals surface area contributed by atoms with E-state index in [9.17, 15) is 8.78 Å². The van der Waals surface area contributed by atoms with Crippen LogP contribution in [0, 0.1) is 12.8 Å². The molecule has 1 saturated carbocycles. The quantitative estimate of drug-likeness (QED) is 0.651. The topological polar surface area (TPSA) is 26.0 Å². The van der Waals surface area contributed by atoms with Crippen molar-refractivity contribution in [3.63, 3.8) is 0 Å². The zero-order valence-electron chi connectivity index (χ0n) is 9.88. The molecular weight excluding hydrogens is 240 g/mol. The Morgan fingerprint density at radius 1 is 1.47 bits per heavy atom. The van der Waals surface area contributed by atoms with Gasteiger partial charge in [0, 0.05) is 29.2 Å². The van der Waals surface area contributed by atoms with Gasteiger partial charge in [-0.2, -0.15) is 0 Å². The third-order valence-corrected chi connectivity index (χ3v) is 4.57. The minimum atomic E-state index is -2.44. The number of anilines is 1. The molecule has 94 valence electrons. The minimum Gasteiger partial charge on any atom is -0.398 e. The zero-order valence-corrected chi connectivity index (χ0v) is 10.7. The van der Waals surface area contributed by atoms with Crippen LogP contribution in [0.1, 0.15) is 24.8 Å². The number of nitrogens with two attached hydrogens (primary N) is 1. The fourth-order valence-electron chi connectivity index (χ4n) is 2.17. The van der Waals surface area contributed by atoms with Crippen LogP contribution < -0.4 is 5.73 Å². The van der Waals surface area contributed by atoms with E-state index >= 15 is 0 Å². The van der Waals surface area contributed by atoms with Crippen molar-refractivity contribution >= 4 is 17.4 Å². The Hall–Kier alpha value is -0.770.